The Bertz CT molecular complexity index is 502. The highest BCUT2D eigenvalue weighted by Crippen LogP contribution is 2.20. The lowest BCUT2D eigenvalue weighted by molar-refractivity contribution is -0.116. The predicted octanol–water partition coefficient (Wildman–Crippen LogP) is 2.11. The van der Waals surface area contributed by atoms with Gasteiger partial charge in [-0.25, -0.2) is 0 Å². The van der Waals surface area contributed by atoms with Crippen LogP contribution in [-0.4, -0.2) is 11.9 Å². The summed E-state index contributed by atoms with van der Waals surface area (Å²) in [7, 11) is 0. The van der Waals surface area contributed by atoms with E-state index in [0.29, 0.717) is 6.42 Å². The van der Waals surface area contributed by atoms with Crippen LogP contribution in [0.15, 0.2) is 34.9 Å². The zero-order valence-corrected chi connectivity index (χ0v) is 9.07. The molecule has 2 aromatic rings. The quantitative estimate of drug-likeness (QED) is 0.829. The summed E-state index contributed by atoms with van der Waals surface area (Å²) in [6.45, 7) is 1.80. The van der Waals surface area contributed by atoms with Crippen LogP contribution < -0.4 is 11.1 Å². The van der Waals surface area contributed by atoms with Crippen molar-refractivity contribution in [3.8, 4) is 0 Å². The highest BCUT2D eigenvalue weighted by Gasteiger charge is 2.06. The number of benzene rings is 1. The fourth-order valence-electron chi connectivity index (χ4n) is 1.55. The fraction of sp³-hybridized carbons (Fsp3) is 0.250. The van der Waals surface area contributed by atoms with E-state index in [1.165, 1.54) is 0 Å². The van der Waals surface area contributed by atoms with Crippen LogP contribution in [0.4, 0.5) is 5.69 Å². The summed E-state index contributed by atoms with van der Waals surface area (Å²) in [4.78, 5) is 11.5. The van der Waals surface area contributed by atoms with E-state index in [2.05, 4.69) is 5.32 Å². The number of hydrogen-bond donors (Lipinski definition) is 2. The summed E-state index contributed by atoms with van der Waals surface area (Å²) in [6, 6.07) is 7.24. The topological polar surface area (TPSA) is 68.3 Å². The number of carbonyl (C=O) groups is 1. The number of furan rings is 1. The standard InChI is InChI=1S/C12H14N2O2/c1-8(13)6-12(15)14-10-2-3-11-9(7-10)4-5-16-11/h2-5,7-8H,6,13H2,1H3,(H,14,15). The van der Waals surface area contributed by atoms with E-state index >= 15 is 0 Å². The van der Waals surface area contributed by atoms with Gasteiger partial charge in [-0.15, -0.1) is 0 Å². The van der Waals surface area contributed by atoms with E-state index in [0.717, 1.165) is 16.7 Å². The van der Waals surface area contributed by atoms with Crippen LogP contribution in [0.25, 0.3) is 11.0 Å². The molecule has 1 atom stereocenters. The van der Waals surface area contributed by atoms with Crippen molar-refractivity contribution in [3.05, 3.63) is 30.5 Å². The lowest BCUT2D eigenvalue weighted by Gasteiger charge is -2.06. The van der Waals surface area contributed by atoms with Crippen molar-refractivity contribution in [1.29, 1.82) is 0 Å². The molecule has 0 spiro atoms. The molecule has 0 saturated heterocycles. The number of rotatable bonds is 3. The molecule has 1 amide bonds. The number of hydrogen-bond acceptors (Lipinski definition) is 3. The van der Waals surface area contributed by atoms with Crippen molar-refractivity contribution >= 4 is 22.6 Å². The molecule has 3 N–H and O–H groups in total. The maximum Gasteiger partial charge on any atom is 0.225 e. The maximum atomic E-state index is 11.5. The zero-order valence-electron chi connectivity index (χ0n) is 9.07. The van der Waals surface area contributed by atoms with Crippen LogP contribution >= 0.6 is 0 Å². The van der Waals surface area contributed by atoms with Crippen molar-refractivity contribution in [2.45, 2.75) is 19.4 Å². The first-order valence-corrected chi connectivity index (χ1v) is 5.18. The zero-order chi connectivity index (χ0) is 11.5. The Labute approximate surface area is 93.4 Å². The Hall–Kier alpha value is -1.81. The number of fused-ring (bicyclic) bond motifs is 1. The molecule has 1 unspecified atom stereocenters. The molecule has 1 aromatic carbocycles. The normalized spacial score (nSPS) is 12.6. The number of anilines is 1. The van der Waals surface area contributed by atoms with Crippen LogP contribution in [0, 0.1) is 0 Å². The van der Waals surface area contributed by atoms with Gasteiger partial charge in [-0.3, -0.25) is 4.79 Å². The third kappa shape index (κ3) is 2.41. The van der Waals surface area contributed by atoms with E-state index in [-0.39, 0.29) is 11.9 Å². The third-order valence-electron chi connectivity index (χ3n) is 2.24. The summed E-state index contributed by atoms with van der Waals surface area (Å²) in [5, 5.41) is 3.77. The molecule has 0 aliphatic rings. The van der Waals surface area contributed by atoms with Gasteiger partial charge in [0.2, 0.25) is 5.91 Å². The molecule has 1 aromatic heterocycles. The van der Waals surface area contributed by atoms with E-state index in [4.69, 9.17) is 10.2 Å². The molecule has 4 heteroatoms. The van der Waals surface area contributed by atoms with Crippen molar-refractivity contribution in [3.63, 3.8) is 0 Å². The van der Waals surface area contributed by atoms with Gasteiger partial charge in [0.25, 0.3) is 0 Å². The lowest BCUT2D eigenvalue weighted by atomic mass is 10.2. The first-order chi connectivity index (χ1) is 7.65. The molecular weight excluding hydrogens is 204 g/mol. The first-order valence-electron chi connectivity index (χ1n) is 5.18. The SMILES string of the molecule is CC(N)CC(=O)Nc1ccc2occc2c1. The number of nitrogens with two attached hydrogens (primary N) is 1. The van der Waals surface area contributed by atoms with Gasteiger partial charge in [-0.2, -0.15) is 0 Å². The van der Waals surface area contributed by atoms with Crippen LogP contribution in [0.3, 0.4) is 0 Å². The highest BCUT2D eigenvalue weighted by atomic mass is 16.3. The second kappa shape index (κ2) is 4.37. The van der Waals surface area contributed by atoms with Crippen LogP contribution in [0.1, 0.15) is 13.3 Å². The highest BCUT2D eigenvalue weighted by molar-refractivity contribution is 5.93. The van der Waals surface area contributed by atoms with Crippen LogP contribution in [0.5, 0.6) is 0 Å². The second-order valence-corrected chi connectivity index (χ2v) is 3.90. The Morgan fingerprint density at radius 1 is 1.50 bits per heavy atom. The lowest BCUT2D eigenvalue weighted by Crippen LogP contribution is -2.23. The van der Waals surface area contributed by atoms with E-state index in [1.54, 1.807) is 13.2 Å². The molecule has 0 fully saturated rings. The Balaban J connectivity index is 2.11. The van der Waals surface area contributed by atoms with Crippen molar-refractivity contribution in [2.75, 3.05) is 5.32 Å². The van der Waals surface area contributed by atoms with Gasteiger partial charge >= 0.3 is 0 Å². The Kier molecular flexibility index (Phi) is 2.92. The van der Waals surface area contributed by atoms with Crippen molar-refractivity contribution in [1.82, 2.24) is 0 Å². The summed E-state index contributed by atoms with van der Waals surface area (Å²) < 4.78 is 5.21. The predicted molar refractivity (Wildman–Crippen MR) is 63.1 cm³/mol. The van der Waals surface area contributed by atoms with E-state index in [9.17, 15) is 4.79 Å². The third-order valence-corrected chi connectivity index (χ3v) is 2.24. The van der Waals surface area contributed by atoms with E-state index < -0.39 is 0 Å². The van der Waals surface area contributed by atoms with Gasteiger partial charge < -0.3 is 15.5 Å². The minimum atomic E-state index is -0.127. The minimum absolute atomic E-state index is 0.0714. The molecule has 0 aliphatic carbocycles. The molecule has 0 radical (unpaired) electrons. The molecule has 1 heterocycles. The summed E-state index contributed by atoms with van der Waals surface area (Å²) in [5.41, 5.74) is 7.12. The Morgan fingerprint density at radius 3 is 3.06 bits per heavy atom. The molecule has 0 saturated carbocycles. The van der Waals surface area contributed by atoms with Gasteiger partial charge in [0.05, 0.1) is 6.26 Å². The number of amides is 1. The molecular formula is C12H14N2O2. The molecule has 0 aliphatic heterocycles. The average molecular weight is 218 g/mol. The monoisotopic (exact) mass is 218 g/mol. The average Bonchev–Trinajstić information content (AvgIpc) is 2.63. The molecule has 16 heavy (non-hydrogen) atoms. The number of nitrogens with one attached hydrogen (secondary N) is 1. The van der Waals surface area contributed by atoms with Gasteiger partial charge in [-0.1, -0.05) is 0 Å². The van der Waals surface area contributed by atoms with Crippen molar-refractivity contribution in [2.24, 2.45) is 5.73 Å². The summed E-state index contributed by atoms with van der Waals surface area (Å²) in [5.74, 6) is -0.0714. The van der Waals surface area contributed by atoms with Crippen LogP contribution in [-0.2, 0) is 4.79 Å². The van der Waals surface area contributed by atoms with Gasteiger partial charge in [0.15, 0.2) is 0 Å². The fourth-order valence-corrected chi connectivity index (χ4v) is 1.55. The smallest absolute Gasteiger partial charge is 0.225 e. The largest absolute Gasteiger partial charge is 0.464 e. The maximum absolute atomic E-state index is 11.5. The molecule has 84 valence electrons. The Morgan fingerprint density at radius 2 is 2.31 bits per heavy atom. The summed E-state index contributed by atoms with van der Waals surface area (Å²) >= 11 is 0. The van der Waals surface area contributed by atoms with Crippen LogP contribution in [0.2, 0.25) is 0 Å². The van der Waals surface area contributed by atoms with Crippen molar-refractivity contribution < 1.29 is 9.21 Å². The summed E-state index contributed by atoms with van der Waals surface area (Å²) in [6.07, 6.45) is 1.95. The van der Waals surface area contributed by atoms with Gasteiger partial charge in [-0.05, 0) is 31.2 Å². The first kappa shape index (κ1) is 10.7. The molecule has 0 bridgehead atoms. The van der Waals surface area contributed by atoms with Gasteiger partial charge in [0, 0.05) is 23.5 Å². The molecule has 2 rings (SSSR count). The minimum Gasteiger partial charge on any atom is -0.464 e. The van der Waals surface area contributed by atoms with E-state index in [1.807, 2.05) is 24.3 Å². The second-order valence-electron chi connectivity index (χ2n) is 3.90. The molecule has 4 nitrogen and oxygen atoms in total. The number of carbonyl (C=O) groups excluding carboxylic acids is 1. The van der Waals surface area contributed by atoms with Gasteiger partial charge in [0.1, 0.15) is 5.58 Å².